The minimum atomic E-state index is -4.70. The lowest BCUT2D eigenvalue weighted by Crippen LogP contribution is -2.18. The fourth-order valence-electron chi connectivity index (χ4n) is 1.18. The number of alkyl halides is 3. The Kier molecular flexibility index (Phi) is 3.18. The molecule has 0 aliphatic carbocycles. The predicted molar refractivity (Wildman–Crippen MR) is 48.3 cm³/mol. The molecule has 0 aliphatic rings. The first kappa shape index (κ1) is 11.8. The van der Waals surface area contributed by atoms with Crippen LogP contribution in [0.25, 0.3) is 0 Å². The van der Waals surface area contributed by atoms with Crippen LogP contribution in [-0.4, -0.2) is 11.3 Å². The summed E-state index contributed by atoms with van der Waals surface area (Å²) in [5.41, 5.74) is 6.71. The number of halogens is 3. The number of aryl methyl sites for hydroxylation is 2. The molecule has 84 valence electrons. The average Bonchev–Trinajstić information content (AvgIpc) is 2.07. The van der Waals surface area contributed by atoms with Crippen LogP contribution < -0.4 is 10.5 Å². The van der Waals surface area contributed by atoms with Gasteiger partial charge in [0.2, 0.25) is 0 Å². The maximum Gasteiger partial charge on any atom is 0.573 e. The molecule has 1 aromatic heterocycles. The summed E-state index contributed by atoms with van der Waals surface area (Å²) >= 11 is 0. The Morgan fingerprint density at radius 2 is 1.93 bits per heavy atom. The SMILES string of the molecule is Cc1nc(C)c(OC(F)(F)F)cc1CN. The number of hydrogen-bond acceptors (Lipinski definition) is 3. The van der Waals surface area contributed by atoms with Crippen LogP contribution in [-0.2, 0) is 6.54 Å². The van der Waals surface area contributed by atoms with Gasteiger partial charge in [0.05, 0.1) is 5.69 Å². The van der Waals surface area contributed by atoms with Crippen LogP contribution in [0.4, 0.5) is 13.2 Å². The van der Waals surface area contributed by atoms with E-state index < -0.39 is 6.36 Å². The zero-order valence-electron chi connectivity index (χ0n) is 8.35. The van der Waals surface area contributed by atoms with Crippen molar-refractivity contribution >= 4 is 0 Å². The van der Waals surface area contributed by atoms with E-state index in [2.05, 4.69) is 9.72 Å². The predicted octanol–water partition coefficient (Wildman–Crippen LogP) is 2.06. The van der Waals surface area contributed by atoms with Crippen molar-refractivity contribution in [2.45, 2.75) is 26.8 Å². The van der Waals surface area contributed by atoms with Crippen molar-refractivity contribution in [2.24, 2.45) is 5.73 Å². The quantitative estimate of drug-likeness (QED) is 0.829. The molecule has 0 bridgehead atoms. The average molecular weight is 220 g/mol. The van der Waals surface area contributed by atoms with E-state index in [0.29, 0.717) is 11.3 Å². The first-order valence-corrected chi connectivity index (χ1v) is 4.26. The summed E-state index contributed by atoms with van der Waals surface area (Å²) in [6.45, 7) is 3.27. The maximum absolute atomic E-state index is 12.0. The molecule has 0 saturated carbocycles. The molecule has 6 heteroatoms. The summed E-state index contributed by atoms with van der Waals surface area (Å²) in [7, 11) is 0. The van der Waals surface area contributed by atoms with Crippen LogP contribution in [0.5, 0.6) is 5.75 Å². The topological polar surface area (TPSA) is 48.1 Å². The van der Waals surface area contributed by atoms with Crippen molar-refractivity contribution in [1.29, 1.82) is 0 Å². The minimum Gasteiger partial charge on any atom is -0.404 e. The third kappa shape index (κ3) is 3.09. The number of ether oxygens (including phenoxy) is 1. The fourth-order valence-corrected chi connectivity index (χ4v) is 1.18. The second-order valence-electron chi connectivity index (χ2n) is 3.07. The molecule has 2 N–H and O–H groups in total. The molecule has 1 aromatic rings. The fraction of sp³-hybridized carbons (Fsp3) is 0.444. The van der Waals surface area contributed by atoms with E-state index in [1.165, 1.54) is 13.0 Å². The van der Waals surface area contributed by atoms with Crippen molar-refractivity contribution in [3.05, 3.63) is 23.0 Å². The number of hydrogen-bond donors (Lipinski definition) is 1. The van der Waals surface area contributed by atoms with E-state index in [1.54, 1.807) is 6.92 Å². The zero-order chi connectivity index (χ0) is 11.6. The lowest BCUT2D eigenvalue weighted by molar-refractivity contribution is -0.275. The molecule has 3 nitrogen and oxygen atoms in total. The van der Waals surface area contributed by atoms with E-state index in [9.17, 15) is 13.2 Å². The first-order valence-electron chi connectivity index (χ1n) is 4.26. The molecule has 15 heavy (non-hydrogen) atoms. The highest BCUT2D eigenvalue weighted by Gasteiger charge is 2.32. The van der Waals surface area contributed by atoms with Gasteiger partial charge in [-0.15, -0.1) is 13.2 Å². The molecule has 1 rings (SSSR count). The molecule has 1 heterocycles. The summed E-state index contributed by atoms with van der Waals surface area (Å²) in [6.07, 6.45) is -4.70. The molecule has 0 amide bonds. The molecule has 0 atom stereocenters. The van der Waals surface area contributed by atoms with Crippen molar-refractivity contribution < 1.29 is 17.9 Å². The number of aromatic nitrogens is 1. The monoisotopic (exact) mass is 220 g/mol. The number of pyridine rings is 1. The van der Waals surface area contributed by atoms with Gasteiger partial charge in [-0.3, -0.25) is 4.98 Å². The molecule has 0 fully saturated rings. The van der Waals surface area contributed by atoms with Gasteiger partial charge in [-0.1, -0.05) is 0 Å². The Morgan fingerprint density at radius 1 is 1.33 bits per heavy atom. The van der Waals surface area contributed by atoms with Gasteiger partial charge in [0.15, 0.2) is 5.75 Å². The zero-order valence-corrected chi connectivity index (χ0v) is 8.35. The van der Waals surface area contributed by atoms with Gasteiger partial charge in [-0.05, 0) is 25.5 Å². The van der Waals surface area contributed by atoms with Crippen molar-refractivity contribution in [3.63, 3.8) is 0 Å². The summed E-state index contributed by atoms with van der Waals surface area (Å²) in [6, 6.07) is 1.27. The summed E-state index contributed by atoms with van der Waals surface area (Å²) in [5, 5.41) is 0. The highest BCUT2D eigenvalue weighted by Crippen LogP contribution is 2.26. The Hall–Kier alpha value is -1.30. The van der Waals surface area contributed by atoms with Gasteiger partial charge < -0.3 is 10.5 Å². The number of rotatable bonds is 2. The largest absolute Gasteiger partial charge is 0.573 e. The van der Waals surface area contributed by atoms with Crippen LogP contribution in [0.2, 0.25) is 0 Å². The van der Waals surface area contributed by atoms with Crippen LogP contribution in [0, 0.1) is 13.8 Å². The van der Waals surface area contributed by atoms with Crippen LogP contribution in [0.15, 0.2) is 6.07 Å². The minimum absolute atomic E-state index is 0.132. The molecule has 0 saturated heterocycles. The number of nitrogens with two attached hydrogens (primary N) is 1. The second kappa shape index (κ2) is 4.06. The van der Waals surface area contributed by atoms with Crippen molar-refractivity contribution in [2.75, 3.05) is 0 Å². The third-order valence-corrected chi connectivity index (χ3v) is 1.91. The van der Waals surface area contributed by atoms with E-state index in [1.807, 2.05) is 0 Å². The smallest absolute Gasteiger partial charge is 0.404 e. The first-order chi connectivity index (χ1) is 6.83. The molecular weight excluding hydrogens is 209 g/mol. The Labute approximate surface area is 85.1 Å². The molecule has 0 radical (unpaired) electrons. The van der Waals surface area contributed by atoms with Crippen LogP contribution in [0.1, 0.15) is 17.0 Å². The highest BCUT2D eigenvalue weighted by molar-refractivity contribution is 5.34. The van der Waals surface area contributed by atoms with Crippen molar-refractivity contribution in [3.8, 4) is 5.75 Å². The molecule has 0 unspecified atom stereocenters. The lowest BCUT2D eigenvalue weighted by atomic mass is 10.2. The summed E-state index contributed by atoms with van der Waals surface area (Å²) in [4.78, 5) is 3.92. The van der Waals surface area contributed by atoms with Gasteiger partial charge in [-0.2, -0.15) is 0 Å². The molecular formula is C9H11F3N2O. The van der Waals surface area contributed by atoms with Gasteiger partial charge in [0.1, 0.15) is 0 Å². The molecule has 0 spiro atoms. The normalized spacial score (nSPS) is 11.6. The van der Waals surface area contributed by atoms with Crippen LogP contribution in [0.3, 0.4) is 0 Å². The summed E-state index contributed by atoms with van der Waals surface area (Å²) in [5.74, 6) is -0.298. The Bertz CT molecular complexity index is 363. The molecule has 0 aromatic carbocycles. The van der Waals surface area contributed by atoms with Crippen molar-refractivity contribution in [1.82, 2.24) is 4.98 Å². The highest BCUT2D eigenvalue weighted by atomic mass is 19.4. The van der Waals surface area contributed by atoms with Gasteiger partial charge in [0, 0.05) is 12.2 Å². The van der Waals surface area contributed by atoms with Gasteiger partial charge >= 0.3 is 6.36 Å². The van der Waals surface area contributed by atoms with E-state index in [-0.39, 0.29) is 18.0 Å². The number of nitrogens with zero attached hydrogens (tertiary/aromatic N) is 1. The maximum atomic E-state index is 12.0. The van der Waals surface area contributed by atoms with E-state index in [4.69, 9.17) is 5.73 Å². The molecule has 0 aliphatic heterocycles. The second-order valence-corrected chi connectivity index (χ2v) is 3.07. The third-order valence-electron chi connectivity index (χ3n) is 1.91. The van der Waals surface area contributed by atoms with Crippen LogP contribution >= 0.6 is 0 Å². The van der Waals surface area contributed by atoms with E-state index in [0.717, 1.165) is 0 Å². The van der Waals surface area contributed by atoms with Gasteiger partial charge in [-0.25, -0.2) is 0 Å². The lowest BCUT2D eigenvalue weighted by Gasteiger charge is -2.13. The van der Waals surface area contributed by atoms with E-state index >= 15 is 0 Å². The standard InChI is InChI=1S/C9H11F3N2O/c1-5-7(4-13)3-8(6(2)14-5)15-9(10,11)12/h3H,4,13H2,1-2H3. The Balaban J connectivity index is 3.08. The summed E-state index contributed by atoms with van der Waals surface area (Å²) < 4.78 is 39.7. The Morgan fingerprint density at radius 3 is 2.40 bits per heavy atom. The van der Waals surface area contributed by atoms with Gasteiger partial charge in [0.25, 0.3) is 0 Å².